The van der Waals surface area contributed by atoms with Gasteiger partial charge in [0.2, 0.25) is 0 Å². The molecule has 0 unspecified atom stereocenters. The Bertz CT molecular complexity index is 575. The highest BCUT2D eigenvalue weighted by Crippen LogP contribution is 2.15. The van der Waals surface area contributed by atoms with Crippen molar-refractivity contribution in [2.45, 2.75) is 6.42 Å². The van der Waals surface area contributed by atoms with Crippen molar-refractivity contribution in [3.05, 3.63) is 48.3 Å². The van der Waals surface area contributed by atoms with Crippen molar-refractivity contribution < 1.29 is 4.79 Å². The first-order valence-corrected chi connectivity index (χ1v) is 7.97. The summed E-state index contributed by atoms with van der Waals surface area (Å²) in [6, 6.07) is 9.54. The number of hydrogen-bond acceptors (Lipinski definition) is 3. The molecule has 0 saturated carbocycles. The summed E-state index contributed by atoms with van der Waals surface area (Å²) >= 11 is 1.93. The summed E-state index contributed by atoms with van der Waals surface area (Å²) in [7, 11) is 0. The number of amides is 1. The molecule has 1 aliphatic heterocycles. The smallest absolute Gasteiger partial charge is 0.253 e. The summed E-state index contributed by atoms with van der Waals surface area (Å²) in [4.78, 5) is 14.5. The standard InChI is InChI=1S/C15H17N3OS/c19-15(17-7-3-10-20-11-9-17)13-4-1-5-14(12-13)18-8-2-6-16-18/h1-2,4-6,8,12H,3,7,9-11H2. The summed E-state index contributed by atoms with van der Waals surface area (Å²) in [5.41, 5.74) is 1.66. The molecule has 0 aliphatic carbocycles. The molecular formula is C15H17N3OS. The Labute approximate surface area is 122 Å². The van der Waals surface area contributed by atoms with Crippen LogP contribution in [-0.2, 0) is 0 Å². The minimum Gasteiger partial charge on any atom is -0.338 e. The Kier molecular flexibility index (Phi) is 4.06. The van der Waals surface area contributed by atoms with Crippen molar-refractivity contribution in [1.82, 2.24) is 14.7 Å². The van der Waals surface area contributed by atoms with Crippen LogP contribution in [0.1, 0.15) is 16.8 Å². The van der Waals surface area contributed by atoms with E-state index < -0.39 is 0 Å². The molecule has 1 amide bonds. The second kappa shape index (κ2) is 6.13. The summed E-state index contributed by atoms with van der Waals surface area (Å²) < 4.78 is 1.77. The summed E-state index contributed by atoms with van der Waals surface area (Å²) in [5, 5.41) is 4.20. The molecule has 4 nitrogen and oxygen atoms in total. The zero-order valence-corrected chi connectivity index (χ0v) is 12.1. The number of carbonyl (C=O) groups is 1. The van der Waals surface area contributed by atoms with Gasteiger partial charge in [-0.25, -0.2) is 4.68 Å². The molecule has 0 atom stereocenters. The van der Waals surface area contributed by atoms with Gasteiger partial charge >= 0.3 is 0 Å². The number of thioether (sulfide) groups is 1. The van der Waals surface area contributed by atoms with Crippen LogP contribution in [0.3, 0.4) is 0 Å². The van der Waals surface area contributed by atoms with E-state index in [9.17, 15) is 4.79 Å². The van der Waals surface area contributed by atoms with Gasteiger partial charge in [0.15, 0.2) is 0 Å². The highest BCUT2D eigenvalue weighted by Gasteiger charge is 2.17. The molecule has 1 aromatic heterocycles. The van der Waals surface area contributed by atoms with Crippen LogP contribution >= 0.6 is 11.8 Å². The predicted molar refractivity (Wildman–Crippen MR) is 81.4 cm³/mol. The number of benzene rings is 1. The molecule has 1 aromatic carbocycles. The predicted octanol–water partition coefficient (Wildman–Crippen LogP) is 2.45. The van der Waals surface area contributed by atoms with Crippen molar-refractivity contribution in [1.29, 1.82) is 0 Å². The number of carbonyl (C=O) groups excluding carboxylic acids is 1. The number of hydrogen-bond donors (Lipinski definition) is 0. The third kappa shape index (κ3) is 2.88. The normalized spacial score (nSPS) is 15.9. The van der Waals surface area contributed by atoms with E-state index in [0.29, 0.717) is 0 Å². The van der Waals surface area contributed by atoms with E-state index in [4.69, 9.17) is 0 Å². The van der Waals surface area contributed by atoms with E-state index in [0.717, 1.165) is 42.3 Å². The highest BCUT2D eigenvalue weighted by atomic mass is 32.2. The molecule has 0 N–H and O–H groups in total. The van der Waals surface area contributed by atoms with Crippen LogP contribution in [0.2, 0.25) is 0 Å². The Morgan fingerprint density at radius 1 is 1.20 bits per heavy atom. The average Bonchev–Trinajstić information content (AvgIpc) is 2.89. The third-order valence-corrected chi connectivity index (χ3v) is 4.42. The van der Waals surface area contributed by atoms with Crippen LogP contribution < -0.4 is 0 Å². The number of rotatable bonds is 2. The summed E-state index contributed by atoms with van der Waals surface area (Å²) in [5.74, 6) is 2.31. The molecular weight excluding hydrogens is 270 g/mol. The largest absolute Gasteiger partial charge is 0.338 e. The lowest BCUT2D eigenvalue weighted by molar-refractivity contribution is 0.0768. The van der Waals surface area contributed by atoms with Crippen LogP contribution in [0.15, 0.2) is 42.7 Å². The van der Waals surface area contributed by atoms with Gasteiger partial charge in [0, 0.05) is 36.8 Å². The minimum atomic E-state index is 0.126. The second-order valence-corrected chi connectivity index (χ2v) is 5.98. The first-order chi connectivity index (χ1) is 9.84. The van der Waals surface area contributed by atoms with Crippen LogP contribution in [0.4, 0.5) is 0 Å². The molecule has 3 rings (SSSR count). The van der Waals surface area contributed by atoms with Crippen LogP contribution in [0, 0.1) is 0 Å². The Balaban J connectivity index is 1.82. The zero-order chi connectivity index (χ0) is 13.8. The molecule has 0 spiro atoms. The molecule has 104 valence electrons. The third-order valence-electron chi connectivity index (χ3n) is 3.37. The van der Waals surface area contributed by atoms with Gasteiger partial charge in [0.05, 0.1) is 5.69 Å². The molecule has 0 bridgehead atoms. The van der Waals surface area contributed by atoms with E-state index in [1.807, 2.05) is 53.2 Å². The number of nitrogens with zero attached hydrogens (tertiary/aromatic N) is 3. The van der Waals surface area contributed by atoms with E-state index in [-0.39, 0.29) is 5.91 Å². The molecule has 20 heavy (non-hydrogen) atoms. The van der Waals surface area contributed by atoms with Gasteiger partial charge in [-0.1, -0.05) is 6.07 Å². The maximum atomic E-state index is 12.6. The van der Waals surface area contributed by atoms with Crippen molar-refractivity contribution in [2.75, 3.05) is 24.6 Å². The molecule has 0 radical (unpaired) electrons. The first kappa shape index (κ1) is 13.2. The van der Waals surface area contributed by atoms with Gasteiger partial charge in [0.1, 0.15) is 0 Å². The lowest BCUT2D eigenvalue weighted by atomic mass is 10.1. The van der Waals surface area contributed by atoms with Crippen LogP contribution in [0.25, 0.3) is 5.69 Å². The van der Waals surface area contributed by atoms with Crippen molar-refractivity contribution >= 4 is 17.7 Å². The van der Waals surface area contributed by atoms with E-state index in [1.54, 1.807) is 10.9 Å². The highest BCUT2D eigenvalue weighted by molar-refractivity contribution is 7.99. The van der Waals surface area contributed by atoms with E-state index >= 15 is 0 Å². The molecule has 1 fully saturated rings. The fraction of sp³-hybridized carbons (Fsp3) is 0.333. The fourth-order valence-corrected chi connectivity index (χ4v) is 3.22. The lowest BCUT2D eigenvalue weighted by Gasteiger charge is -2.20. The summed E-state index contributed by atoms with van der Waals surface area (Å²) in [6.45, 7) is 1.70. The van der Waals surface area contributed by atoms with Gasteiger partial charge in [-0.2, -0.15) is 16.9 Å². The Hall–Kier alpha value is -1.75. The van der Waals surface area contributed by atoms with Crippen molar-refractivity contribution in [2.24, 2.45) is 0 Å². The molecule has 1 aliphatic rings. The van der Waals surface area contributed by atoms with Crippen molar-refractivity contribution in [3.63, 3.8) is 0 Å². The molecule has 5 heteroatoms. The van der Waals surface area contributed by atoms with Gasteiger partial charge in [-0.15, -0.1) is 0 Å². The zero-order valence-electron chi connectivity index (χ0n) is 11.2. The van der Waals surface area contributed by atoms with Gasteiger partial charge < -0.3 is 4.90 Å². The quantitative estimate of drug-likeness (QED) is 0.851. The summed E-state index contributed by atoms with van der Waals surface area (Å²) in [6.07, 6.45) is 4.70. The minimum absolute atomic E-state index is 0.126. The van der Waals surface area contributed by atoms with Gasteiger partial charge in [-0.3, -0.25) is 4.79 Å². The monoisotopic (exact) mass is 287 g/mol. The lowest BCUT2D eigenvalue weighted by Crippen LogP contribution is -2.32. The van der Waals surface area contributed by atoms with Crippen molar-refractivity contribution in [3.8, 4) is 5.69 Å². The Morgan fingerprint density at radius 3 is 3.00 bits per heavy atom. The maximum Gasteiger partial charge on any atom is 0.253 e. The van der Waals surface area contributed by atoms with Crippen LogP contribution in [0.5, 0.6) is 0 Å². The fourth-order valence-electron chi connectivity index (χ4n) is 2.33. The second-order valence-electron chi connectivity index (χ2n) is 4.76. The first-order valence-electron chi connectivity index (χ1n) is 6.82. The molecule has 2 aromatic rings. The number of aromatic nitrogens is 2. The molecule has 2 heterocycles. The van der Waals surface area contributed by atoms with Gasteiger partial charge in [-0.05, 0) is 36.4 Å². The van der Waals surface area contributed by atoms with Crippen LogP contribution in [-0.4, -0.2) is 45.2 Å². The van der Waals surface area contributed by atoms with Gasteiger partial charge in [0.25, 0.3) is 5.91 Å². The SMILES string of the molecule is O=C(c1cccc(-n2cccn2)c1)N1CCCSCC1. The Morgan fingerprint density at radius 2 is 2.15 bits per heavy atom. The van der Waals surface area contributed by atoms with E-state index in [1.165, 1.54) is 0 Å². The average molecular weight is 287 g/mol. The maximum absolute atomic E-state index is 12.6. The van der Waals surface area contributed by atoms with E-state index in [2.05, 4.69) is 5.10 Å². The topological polar surface area (TPSA) is 38.1 Å². The molecule has 1 saturated heterocycles.